The van der Waals surface area contributed by atoms with E-state index in [9.17, 15) is 4.79 Å². The first kappa shape index (κ1) is 14.3. The maximum absolute atomic E-state index is 12.1. The molecule has 0 spiro atoms. The summed E-state index contributed by atoms with van der Waals surface area (Å²) in [5.41, 5.74) is 1.71. The van der Waals surface area contributed by atoms with E-state index >= 15 is 0 Å². The predicted molar refractivity (Wildman–Crippen MR) is 77.4 cm³/mol. The summed E-state index contributed by atoms with van der Waals surface area (Å²) in [6.07, 6.45) is 5.83. The molecule has 0 aliphatic heterocycles. The van der Waals surface area contributed by atoms with E-state index in [2.05, 4.69) is 15.2 Å². The van der Waals surface area contributed by atoms with E-state index in [0.717, 1.165) is 24.1 Å². The zero-order valence-electron chi connectivity index (χ0n) is 11.8. The molecule has 2 rings (SSSR count). The maximum atomic E-state index is 12.1. The normalized spacial score (nSPS) is 10.8. The molecule has 20 heavy (non-hydrogen) atoms. The van der Waals surface area contributed by atoms with E-state index in [4.69, 9.17) is 4.42 Å². The van der Waals surface area contributed by atoms with Crippen LogP contribution in [0, 0.1) is 0 Å². The van der Waals surface area contributed by atoms with Gasteiger partial charge in [0.15, 0.2) is 5.76 Å². The summed E-state index contributed by atoms with van der Waals surface area (Å²) in [6, 6.07) is 5.51. The maximum Gasteiger partial charge on any atom is 0.287 e. The molecule has 1 amide bonds. The summed E-state index contributed by atoms with van der Waals surface area (Å²) in [5, 5.41) is 2.88. The van der Waals surface area contributed by atoms with Gasteiger partial charge in [-0.3, -0.25) is 9.78 Å². The topological polar surface area (TPSA) is 58.4 Å². The Morgan fingerprint density at radius 1 is 1.30 bits per heavy atom. The molecule has 2 aromatic rings. The fourth-order valence-electron chi connectivity index (χ4n) is 1.92. The standard InChI is InChI=1S/C15H19N3O2/c1-18(2)10-3-7-17-15(19)14-13(6-11-20-14)12-4-8-16-9-5-12/h4-6,8-9,11H,3,7,10H2,1-2H3,(H,17,19). The molecule has 2 heterocycles. The summed E-state index contributed by atoms with van der Waals surface area (Å²) >= 11 is 0. The SMILES string of the molecule is CN(C)CCCNC(=O)c1occc1-c1ccncc1. The number of furan rings is 1. The van der Waals surface area contributed by atoms with Gasteiger partial charge in [0.05, 0.1) is 6.26 Å². The number of aromatic nitrogens is 1. The Balaban J connectivity index is 1.99. The van der Waals surface area contributed by atoms with Crippen LogP contribution in [0.15, 0.2) is 41.3 Å². The molecule has 0 aromatic carbocycles. The van der Waals surface area contributed by atoms with Crippen LogP contribution in [0.5, 0.6) is 0 Å². The molecule has 1 N–H and O–H groups in total. The van der Waals surface area contributed by atoms with Crippen molar-refractivity contribution >= 4 is 5.91 Å². The average molecular weight is 273 g/mol. The molecule has 0 fully saturated rings. The lowest BCUT2D eigenvalue weighted by Crippen LogP contribution is -2.27. The summed E-state index contributed by atoms with van der Waals surface area (Å²) in [4.78, 5) is 18.2. The first-order valence-electron chi connectivity index (χ1n) is 6.59. The van der Waals surface area contributed by atoms with Gasteiger partial charge in [0.2, 0.25) is 0 Å². The Morgan fingerprint density at radius 3 is 2.75 bits per heavy atom. The third-order valence-corrected chi connectivity index (χ3v) is 2.93. The number of pyridine rings is 1. The second-order valence-corrected chi connectivity index (χ2v) is 4.81. The lowest BCUT2D eigenvalue weighted by molar-refractivity contribution is 0.0925. The molecule has 0 aliphatic carbocycles. The Hall–Kier alpha value is -2.14. The van der Waals surface area contributed by atoms with Crippen molar-refractivity contribution in [3.05, 3.63) is 42.6 Å². The van der Waals surface area contributed by atoms with Crippen molar-refractivity contribution in [2.45, 2.75) is 6.42 Å². The van der Waals surface area contributed by atoms with Crippen LogP contribution in [-0.4, -0.2) is 43.0 Å². The number of carbonyl (C=O) groups excluding carboxylic acids is 1. The quantitative estimate of drug-likeness (QED) is 0.818. The molecule has 0 atom stereocenters. The molecule has 5 heteroatoms. The van der Waals surface area contributed by atoms with Gasteiger partial charge >= 0.3 is 0 Å². The highest BCUT2D eigenvalue weighted by atomic mass is 16.3. The van der Waals surface area contributed by atoms with Gasteiger partial charge in [-0.15, -0.1) is 0 Å². The number of amides is 1. The van der Waals surface area contributed by atoms with Gasteiger partial charge in [-0.25, -0.2) is 0 Å². The van der Waals surface area contributed by atoms with Crippen LogP contribution in [0.25, 0.3) is 11.1 Å². The molecule has 0 bridgehead atoms. The number of nitrogens with zero attached hydrogens (tertiary/aromatic N) is 2. The Morgan fingerprint density at radius 2 is 2.05 bits per heavy atom. The molecule has 106 valence electrons. The first-order chi connectivity index (χ1) is 9.68. The third-order valence-electron chi connectivity index (χ3n) is 2.93. The number of rotatable bonds is 6. The Labute approximate surface area is 118 Å². The van der Waals surface area contributed by atoms with Gasteiger partial charge in [0.25, 0.3) is 5.91 Å². The molecule has 0 aliphatic rings. The van der Waals surface area contributed by atoms with Crippen molar-refractivity contribution in [2.75, 3.05) is 27.2 Å². The third kappa shape index (κ3) is 3.68. The predicted octanol–water partition coefficient (Wildman–Crippen LogP) is 2.02. The second kappa shape index (κ2) is 6.86. The van der Waals surface area contributed by atoms with Crippen molar-refractivity contribution < 1.29 is 9.21 Å². The van der Waals surface area contributed by atoms with Gasteiger partial charge in [-0.05, 0) is 50.8 Å². The molecule has 5 nitrogen and oxygen atoms in total. The zero-order valence-corrected chi connectivity index (χ0v) is 11.8. The lowest BCUT2D eigenvalue weighted by Gasteiger charge is -2.09. The second-order valence-electron chi connectivity index (χ2n) is 4.81. The minimum absolute atomic E-state index is 0.180. The zero-order chi connectivity index (χ0) is 14.4. The summed E-state index contributed by atoms with van der Waals surface area (Å²) in [7, 11) is 4.02. The van der Waals surface area contributed by atoms with Crippen molar-refractivity contribution in [3.63, 3.8) is 0 Å². The molecule has 0 radical (unpaired) electrons. The average Bonchev–Trinajstić information content (AvgIpc) is 2.93. The van der Waals surface area contributed by atoms with Crippen molar-refractivity contribution in [2.24, 2.45) is 0 Å². The monoisotopic (exact) mass is 273 g/mol. The lowest BCUT2D eigenvalue weighted by atomic mass is 10.1. The van der Waals surface area contributed by atoms with Crippen molar-refractivity contribution in [1.82, 2.24) is 15.2 Å². The van der Waals surface area contributed by atoms with E-state index in [-0.39, 0.29) is 5.91 Å². The first-order valence-corrected chi connectivity index (χ1v) is 6.59. The number of nitrogens with one attached hydrogen (secondary N) is 1. The summed E-state index contributed by atoms with van der Waals surface area (Å²) < 4.78 is 5.32. The summed E-state index contributed by atoms with van der Waals surface area (Å²) in [5.74, 6) is 0.168. The van der Waals surface area contributed by atoms with Crippen LogP contribution in [-0.2, 0) is 0 Å². The van der Waals surface area contributed by atoms with Gasteiger partial charge < -0.3 is 14.6 Å². The minimum Gasteiger partial charge on any atom is -0.459 e. The van der Waals surface area contributed by atoms with Gasteiger partial charge in [-0.1, -0.05) is 0 Å². The fraction of sp³-hybridized carbons (Fsp3) is 0.333. The van der Waals surface area contributed by atoms with Gasteiger partial charge in [0.1, 0.15) is 0 Å². The minimum atomic E-state index is -0.180. The summed E-state index contributed by atoms with van der Waals surface area (Å²) in [6.45, 7) is 1.57. The number of carbonyl (C=O) groups is 1. The van der Waals surface area contributed by atoms with Crippen molar-refractivity contribution in [3.8, 4) is 11.1 Å². The van der Waals surface area contributed by atoms with Crippen LogP contribution in [0.1, 0.15) is 17.0 Å². The van der Waals surface area contributed by atoms with E-state index in [1.54, 1.807) is 18.5 Å². The van der Waals surface area contributed by atoms with Crippen molar-refractivity contribution in [1.29, 1.82) is 0 Å². The highest BCUT2D eigenvalue weighted by molar-refractivity contribution is 5.98. The Bertz CT molecular complexity index is 549. The number of hydrogen-bond acceptors (Lipinski definition) is 4. The molecule has 2 aromatic heterocycles. The van der Waals surface area contributed by atoms with E-state index in [1.165, 1.54) is 6.26 Å². The smallest absolute Gasteiger partial charge is 0.287 e. The van der Waals surface area contributed by atoms with E-state index in [1.807, 2.05) is 26.2 Å². The highest BCUT2D eigenvalue weighted by Crippen LogP contribution is 2.23. The van der Waals surface area contributed by atoms with Gasteiger partial charge in [-0.2, -0.15) is 0 Å². The van der Waals surface area contributed by atoms with E-state index in [0.29, 0.717) is 12.3 Å². The molecular formula is C15H19N3O2. The molecule has 0 saturated heterocycles. The highest BCUT2D eigenvalue weighted by Gasteiger charge is 2.16. The molecule has 0 unspecified atom stereocenters. The van der Waals surface area contributed by atoms with Crippen LogP contribution in [0.2, 0.25) is 0 Å². The molecule has 0 saturated carbocycles. The van der Waals surface area contributed by atoms with Crippen LogP contribution < -0.4 is 5.32 Å². The molecular weight excluding hydrogens is 254 g/mol. The fourth-order valence-corrected chi connectivity index (χ4v) is 1.92. The van der Waals surface area contributed by atoms with E-state index < -0.39 is 0 Å². The Kier molecular flexibility index (Phi) is 4.90. The largest absolute Gasteiger partial charge is 0.459 e. The van der Waals surface area contributed by atoms with Crippen LogP contribution in [0.3, 0.4) is 0 Å². The van der Waals surface area contributed by atoms with Crippen LogP contribution >= 0.6 is 0 Å². The number of hydrogen-bond donors (Lipinski definition) is 1. The van der Waals surface area contributed by atoms with Crippen LogP contribution in [0.4, 0.5) is 0 Å². The van der Waals surface area contributed by atoms with Gasteiger partial charge in [0, 0.05) is 24.5 Å².